The first kappa shape index (κ1) is 22.3. The van der Waals surface area contributed by atoms with E-state index >= 15 is 0 Å². The molecule has 1 unspecified atom stereocenters. The molecule has 0 radical (unpaired) electrons. The highest BCUT2D eigenvalue weighted by molar-refractivity contribution is 14.0. The fourth-order valence-electron chi connectivity index (χ4n) is 2.58. The average molecular weight is 502 g/mol. The molecule has 1 aliphatic carbocycles. The summed E-state index contributed by atoms with van der Waals surface area (Å²) in [5.74, 6) is 0.142. The number of ether oxygens (including phenoxy) is 1. The van der Waals surface area contributed by atoms with E-state index in [-0.39, 0.29) is 30.0 Å². The van der Waals surface area contributed by atoms with Crippen LogP contribution in [0.4, 0.5) is 8.78 Å². The molecule has 1 atom stereocenters. The van der Waals surface area contributed by atoms with E-state index in [1.165, 1.54) is 18.9 Å². The summed E-state index contributed by atoms with van der Waals surface area (Å²) in [5.41, 5.74) is 1.65. The van der Waals surface area contributed by atoms with Crippen LogP contribution in [-0.4, -0.2) is 24.6 Å². The van der Waals surface area contributed by atoms with Crippen LogP contribution in [0.5, 0.6) is 5.88 Å². The summed E-state index contributed by atoms with van der Waals surface area (Å²) in [6, 6.07) is 7.44. The molecule has 1 aromatic heterocycles. The Labute approximate surface area is 181 Å². The molecule has 0 saturated heterocycles. The minimum Gasteiger partial charge on any atom is -0.477 e. The van der Waals surface area contributed by atoms with E-state index in [1.54, 1.807) is 19.3 Å². The van der Waals surface area contributed by atoms with Crippen LogP contribution in [0.1, 0.15) is 36.9 Å². The minimum absolute atomic E-state index is 0. The van der Waals surface area contributed by atoms with Gasteiger partial charge in [0.15, 0.2) is 17.6 Å². The lowest BCUT2D eigenvalue weighted by Gasteiger charge is -2.18. The second-order valence-corrected chi connectivity index (χ2v) is 6.72. The van der Waals surface area contributed by atoms with E-state index in [0.29, 0.717) is 29.9 Å². The Morgan fingerprint density at radius 1 is 1.25 bits per heavy atom. The number of hydrogen-bond donors (Lipinski definition) is 2. The van der Waals surface area contributed by atoms with Gasteiger partial charge >= 0.3 is 0 Å². The summed E-state index contributed by atoms with van der Waals surface area (Å²) < 4.78 is 32.2. The summed E-state index contributed by atoms with van der Waals surface area (Å²) in [7, 11) is 1.66. The Kier molecular flexibility index (Phi) is 8.40. The molecular weight excluding hydrogens is 477 g/mol. The van der Waals surface area contributed by atoms with Gasteiger partial charge in [0.05, 0.1) is 12.6 Å². The highest BCUT2D eigenvalue weighted by Gasteiger charge is 2.22. The van der Waals surface area contributed by atoms with Crippen molar-refractivity contribution < 1.29 is 13.5 Å². The maximum Gasteiger partial charge on any atom is 0.213 e. The predicted molar refractivity (Wildman–Crippen MR) is 116 cm³/mol. The Bertz CT molecular complexity index is 815. The fraction of sp³-hybridized carbons (Fsp3) is 0.400. The smallest absolute Gasteiger partial charge is 0.213 e. The summed E-state index contributed by atoms with van der Waals surface area (Å²) in [5, 5.41) is 6.37. The fourth-order valence-corrected chi connectivity index (χ4v) is 2.58. The first-order valence-corrected chi connectivity index (χ1v) is 9.05. The molecule has 0 spiro atoms. The molecule has 1 aliphatic rings. The molecule has 1 fully saturated rings. The van der Waals surface area contributed by atoms with Crippen molar-refractivity contribution in [2.24, 2.45) is 10.9 Å². The van der Waals surface area contributed by atoms with Crippen molar-refractivity contribution in [1.29, 1.82) is 0 Å². The number of nitrogens with zero attached hydrogens (tertiary/aromatic N) is 2. The van der Waals surface area contributed by atoms with Crippen molar-refractivity contribution in [3.8, 4) is 5.88 Å². The number of aromatic nitrogens is 1. The molecule has 1 heterocycles. The first-order chi connectivity index (χ1) is 13.0. The van der Waals surface area contributed by atoms with Gasteiger partial charge < -0.3 is 15.4 Å². The predicted octanol–water partition coefficient (Wildman–Crippen LogP) is 4.19. The largest absolute Gasteiger partial charge is 0.477 e. The second-order valence-electron chi connectivity index (χ2n) is 6.72. The van der Waals surface area contributed by atoms with E-state index < -0.39 is 11.6 Å². The molecule has 0 amide bonds. The van der Waals surface area contributed by atoms with Gasteiger partial charge in [-0.1, -0.05) is 6.07 Å². The number of halogens is 3. The molecule has 8 heteroatoms. The molecule has 1 aromatic carbocycles. The van der Waals surface area contributed by atoms with Crippen molar-refractivity contribution in [2.75, 3.05) is 13.7 Å². The third kappa shape index (κ3) is 6.57. The van der Waals surface area contributed by atoms with Crippen LogP contribution in [0, 0.1) is 17.6 Å². The normalized spacial score (nSPS) is 14.8. The molecule has 1 saturated carbocycles. The van der Waals surface area contributed by atoms with E-state index in [2.05, 4.69) is 20.6 Å². The third-order valence-corrected chi connectivity index (χ3v) is 4.44. The van der Waals surface area contributed by atoms with Crippen molar-refractivity contribution >= 4 is 29.9 Å². The van der Waals surface area contributed by atoms with Gasteiger partial charge in [0.1, 0.15) is 0 Å². The van der Waals surface area contributed by atoms with Crippen LogP contribution in [0.15, 0.2) is 41.5 Å². The molecule has 5 nitrogen and oxygen atoms in total. The van der Waals surface area contributed by atoms with Crippen LogP contribution in [-0.2, 0) is 6.54 Å². The van der Waals surface area contributed by atoms with Gasteiger partial charge in [0.2, 0.25) is 5.88 Å². The first-order valence-electron chi connectivity index (χ1n) is 9.05. The zero-order valence-corrected chi connectivity index (χ0v) is 18.2. The summed E-state index contributed by atoms with van der Waals surface area (Å²) in [6.45, 7) is 3.11. The second kappa shape index (κ2) is 10.5. The van der Waals surface area contributed by atoms with Crippen LogP contribution in [0.2, 0.25) is 0 Å². The van der Waals surface area contributed by atoms with Crippen LogP contribution >= 0.6 is 24.0 Å². The highest BCUT2D eigenvalue weighted by Crippen LogP contribution is 2.29. The van der Waals surface area contributed by atoms with Gasteiger partial charge in [0.25, 0.3) is 0 Å². The molecule has 0 bridgehead atoms. The molecule has 0 aliphatic heterocycles. The van der Waals surface area contributed by atoms with Gasteiger partial charge in [0, 0.05) is 25.9 Å². The monoisotopic (exact) mass is 502 g/mol. The van der Waals surface area contributed by atoms with Gasteiger partial charge in [-0.3, -0.25) is 4.99 Å². The van der Waals surface area contributed by atoms with E-state index in [1.807, 2.05) is 19.1 Å². The van der Waals surface area contributed by atoms with E-state index in [0.717, 1.165) is 18.2 Å². The summed E-state index contributed by atoms with van der Waals surface area (Å²) in [4.78, 5) is 8.41. The van der Waals surface area contributed by atoms with Gasteiger partial charge in [-0.2, -0.15) is 0 Å². The van der Waals surface area contributed by atoms with Crippen molar-refractivity contribution in [3.05, 3.63) is 59.3 Å². The zero-order valence-electron chi connectivity index (χ0n) is 15.9. The van der Waals surface area contributed by atoms with Gasteiger partial charge in [-0.25, -0.2) is 13.8 Å². The number of rotatable bonds is 7. The summed E-state index contributed by atoms with van der Waals surface area (Å²) >= 11 is 0. The van der Waals surface area contributed by atoms with Crippen LogP contribution in [0.3, 0.4) is 0 Å². The van der Waals surface area contributed by atoms with Crippen LogP contribution < -0.4 is 15.4 Å². The quantitative estimate of drug-likeness (QED) is 0.339. The number of benzene rings is 1. The number of aliphatic imine (C=N–C) groups is 1. The number of guanidine groups is 1. The Morgan fingerprint density at radius 2 is 2.04 bits per heavy atom. The molecule has 2 aromatic rings. The van der Waals surface area contributed by atoms with Gasteiger partial charge in [-0.15, -0.1) is 24.0 Å². The van der Waals surface area contributed by atoms with Crippen molar-refractivity contribution in [1.82, 2.24) is 15.6 Å². The van der Waals surface area contributed by atoms with E-state index in [9.17, 15) is 8.78 Å². The summed E-state index contributed by atoms with van der Waals surface area (Å²) in [6.07, 6.45) is 4.19. The zero-order chi connectivity index (χ0) is 19.2. The van der Waals surface area contributed by atoms with Crippen molar-refractivity contribution in [3.63, 3.8) is 0 Å². The lowest BCUT2D eigenvalue weighted by molar-refractivity contribution is 0.288. The maximum atomic E-state index is 13.4. The van der Waals surface area contributed by atoms with Crippen LogP contribution in [0.25, 0.3) is 0 Å². The molecule has 152 valence electrons. The number of pyridine rings is 1. The third-order valence-electron chi connectivity index (χ3n) is 4.44. The SMILES string of the molecule is CN=C(NCc1ccnc(OCC2CC2)c1)NC(C)c1ccc(F)c(F)c1.I. The average Bonchev–Trinajstić information content (AvgIpc) is 3.50. The van der Waals surface area contributed by atoms with Gasteiger partial charge in [-0.05, 0) is 55.0 Å². The minimum atomic E-state index is -0.861. The number of nitrogens with one attached hydrogen (secondary N) is 2. The highest BCUT2D eigenvalue weighted by atomic mass is 127. The van der Waals surface area contributed by atoms with E-state index in [4.69, 9.17) is 4.74 Å². The Morgan fingerprint density at radius 3 is 2.71 bits per heavy atom. The molecule has 2 N–H and O–H groups in total. The Balaban J connectivity index is 0.00000280. The molecule has 3 rings (SSSR count). The lowest BCUT2D eigenvalue weighted by Crippen LogP contribution is -2.38. The van der Waals surface area contributed by atoms with Crippen molar-refractivity contribution in [2.45, 2.75) is 32.4 Å². The lowest BCUT2D eigenvalue weighted by atomic mass is 10.1. The number of hydrogen-bond acceptors (Lipinski definition) is 3. The molecular formula is C20H25F2IN4O. The standard InChI is InChI=1S/C20H24F2N4O.HI/c1-13(16-5-6-17(21)18(22)10-16)26-20(23-2)25-11-15-7-8-24-19(9-15)27-12-14-3-4-14;/h5-10,13-14H,3-4,11-12H2,1-2H3,(H2,23,25,26);1H. The molecule has 28 heavy (non-hydrogen) atoms. The maximum absolute atomic E-state index is 13.4. The topological polar surface area (TPSA) is 58.5 Å². The Hall–Kier alpha value is -1.97.